The quantitative estimate of drug-likeness (QED) is 0.663. The Morgan fingerprint density at radius 2 is 2.55 bits per heavy atom. The molecular formula is C7H11NO2S. The maximum atomic E-state index is 11.0. The lowest BCUT2D eigenvalue weighted by atomic mass is 10.2. The number of amides is 1. The van der Waals surface area contributed by atoms with Crippen LogP contribution in [-0.2, 0) is 9.59 Å². The Morgan fingerprint density at radius 1 is 1.82 bits per heavy atom. The minimum atomic E-state index is -0.215. The average molecular weight is 173 g/mol. The molecule has 0 aromatic heterocycles. The van der Waals surface area contributed by atoms with Crippen LogP contribution in [-0.4, -0.2) is 22.8 Å². The summed E-state index contributed by atoms with van der Waals surface area (Å²) in [6.45, 7) is 1.78. The van der Waals surface area contributed by atoms with Gasteiger partial charge in [0.15, 0.2) is 0 Å². The molecule has 62 valence electrons. The molecule has 0 spiro atoms. The van der Waals surface area contributed by atoms with Gasteiger partial charge in [-0.2, -0.15) is 0 Å². The van der Waals surface area contributed by atoms with Crippen molar-refractivity contribution in [2.45, 2.75) is 25.8 Å². The molecule has 0 aromatic rings. The van der Waals surface area contributed by atoms with E-state index >= 15 is 0 Å². The normalized spacial score (nSPS) is 23.7. The van der Waals surface area contributed by atoms with Crippen molar-refractivity contribution in [1.82, 2.24) is 5.32 Å². The topological polar surface area (TPSA) is 46.2 Å². The van der Waals surface area contributed by atoms with Crippen molar-refractivity contribution in [2.75, 3.05) is 5.75 Å². The van der Waals surface area contributed by atoms with Gasteiger partial charge >= 0.3 is 0 Å². The lowest BCUT2D eigenvalue weighted by molar-refractivity contribution is -0.124. The number of rotatable bonds is 2. The monoisotopic (exact) mass is 173 g/mol. The maximum Gasteiger partial charge on any atom is 0.220 e. The van der Waals surface area contributed by atoms with E-state index < -0.39 is 0 Å². The predicted molar refractivity (Wildman–Crippen MR) is 44.3 cm³/mol. The Labute approximate surface area is 69.9 Å². The number of thioether (sulfide) groups is 1. The van der Waals surface area contributed by atoms with E-state index in [4.69, 9.17) is 0 Å². The summed E-state index contributed by atoms with van der Waals surface area (Å²) < 4.78 is 0. The van der Waals surface area contributed by atoms with Gasteiger partial charge in [0.2, 0.25) is 11.0 Å². The molecule has 1 rings (SSSR count). The average Bonchev–Trinajstić information content (AvgIpc) is 2.37. The summed E-state index contributed by atoms with van der Waals surface area (Å²) >= 11 is 1.30. The SMILES string of the molecule is CCC(=O)N[C@H]1CCSC1=O. The van der Waals surface area contributed by atoms with E-state index in [2.05, 4.69) is 5.32 Å². The van der Waals surface area contributed by atoms with Gasteiger partial charge in [0.05, 0.1) is 6.04 Å². The molecule has 0 saturated carbocycles. The highest BCUT2D eigenvalue weighted by atomic mass is 32.2. The van der Waals surface area contributed by atoms with Gasteiger partial charge in [-0.05, 0) is 6.42 Å². The standard InChI is InChI=1S/C7H11NO2S/c1-2-6(9)8-5-3-4-11-7(5)10/h5H,2-4H2,1H3,(H,8,9)/t5-/m0/s1. The Hall–Kier alpha value is -0.510. The zero-order valence-electron chi connectivity index (χ0n) is 6.42. The molecular weight excluding hydrogens is 162 g/mol. The molecule has 1 heterocycles. The highest BCUT2D eigenvalue weighted by Gasteiger charge is 2.25. The molecule has 4 heteroatoms. The van der Waals surface area contributed by atoms with Crippen LogP contribution in [0.15, 0.2) is 0 Å². The molecule has 11 heavy (non-hydrogen) atoms. The van der Waals surface area contributed by atoms with Crippen molar-refractivity contribution >= 4 is 22.8 Å². The van der Waals surface area contributed by atoms with Gasteiger partial charge in [-0.25, -0.2) is 0 Å². The highest BCUT2D eigenvalue weighted by molar-refractivity contribution is 8.14. The number of hydrogen-bond donors (Lipinski definition) is 1. The first-order valence-electron chi connectivity index (χ1n) is 3.70. The fourth-order valence-corrected chi connectivity index (χ4v) is 1.86. The van der Waals surface area contributed by atoms with Gasteiger partial charge < -0.3 is 5.32 Å². The first-order valence-corrected chi connectivity index (χ1v) is 4.68. The zero-order chi connectivity index (χ0) is 8.27. The number of nitrogens with one attached hydrogen (secondary N) is 1. The smallest absolute Gasteiger partial charge is 0.220 e. The Balaban J connectivity index is 2.36. The van der Waals surface area contributed by atoms with E-state index in [9.17, 15) is 9.59 Å². The molecule has 1 aliphatic heterocycles. The fourth-order valence-electron chi connectivity index (χ4n) is 0.923. The summed E-state index contributed by atoms with van der Waals surface area (Å²) in [5.41, 5.74) is 0. The second-order valence-electron chi connectivity index (χ2n) is 2.43. The zero-order valence-corrected chi connectivity index (χ0v) is 7.24. The molecule has 1 fully saturated rings. The Bertz CT molecular complexity index is 181. The minimum absolute atomic E-state index is 0.0362. The molecule has 0 bridgehead atoms. The molecule has 1 aliphatic rings. The van der Waals surface area contributed by atoms with E-state index in [1.807, 2.05) is 0 Å². The van der Waals surface area contributed by atoms with Crippen molar-refractivity contribution in [1.29, 1.82) is 0 Å². The van der Waals surface area contributed by atoms with Gasteiger partial charge in [-0.1, -0.05) is 18.7 Å². The van der Waals surface area contributed by atoms with Gasteiger partial charge in [0, 0.05) is 12.2 Å². The van der Waals surface area contributed by atoms with Crippen LogP contribution in [0.3, 0.4) is 0 Å². The van der Waals surface area contributed by atoms with Crippen LogP contribution in [0.5, 0.6) is 0 Å². The summed E-state index contributed by atoms with van der Waals surface area (Å²) in [6.07, 6.45) is 1.24. The molecule has 1 saturated heterocycles. The van der Waals surface area contributed by atoms with Gasteiger partial charge in [-0.3, -0.25) is 9.59 Å². The van der Waals surface area contributed by atoms with Crippen LogP contribution in [0.1, 0.15) is 19.8 Å². The van der Waals surface area contributed by atoms with Gasteiger partial charge in [0.1, 0.15) is 0 Å². The molecule has 0 aromatic carbocycles. The van der Waals surface area contributed by atoms with Crippen LogP contribution in [0, 0.1) is 0 Å². The Morgan fingerprint density at radius 3 is 3.00 bits per heavy atom. The third-order valence-corrected chi connectivity index (χ3v) is 2.60. The third-order valence-electron chi connectivity index (χ3n) is 1.59. The van der Waals surface area contributed by atoms with Crippen LogP contribution in [0.4, 0.5) is 0 Å². The predicted octanol–water partition coefficient (Wildman–Crippen LogP) is 0.545. The molecule has 0 unspecified atom stereocenters. The van der Waals surface area contributed by atoms with E-state index in [0.29, 0.717) is 6.42 Å². The largest absolute Gasteiger partial charge is 0.345 e. The van der Waals surface area contributed by atoms with Crippen molar-refractivity contribution in [3.05, 3.63) is 0 Å². The van der Waals surface area contributed by atoms with E-state index in [1.165, 1.54) is 11.8 Å². The second-order valence-corrected chi connectivity index (χ2v) is 3.53. The summed E-state index contributed by atoms with van der Waals surface area (Å²) in [5.74, 6) is 0.805. The van der Waals surface area contributed by atoms with Crippen LogP contribution < -0.4 is 5.32 Å². The number of carbonyl (C=O) groups excluding carboxylic acids is 2. The molecule has 0 aliphatic carbocycles. The van der Waals surface area contributed by atoms with Crippen LogP contribution in [0.25, 0.3) is 0 Å². The van der Waals surface area contributed by atoms with Crippen molar-refractivity contribution in [2.24, 2.45) is 0 Å². The lowest BCUT2D eigenvalue weighted by Gasteiger charge is -2.07. The second kappa shape index (κ2) is 3.76. The van der Waals surface area contributed by atoms with Crippen molar-refractivity contribution in [3.8, 4) is 0 Å². The summed E-state index contributed by atoms with van der Waals surface area (Å²) in [6, 6.07) is -0.215. The first kappa shape index (κ1) is 8.59. The lowest BCUT2D eigenvalue weighted by Crippen LogP contribution is -2.36. The van der Waals surface area contributed by atoms with E-state index in [1.54, 1.807) is 6.92 Å². The summed E-state index contributed by atoms with van der Waals surface area (Å²) in [7, 11) is 0. The van der Waals surface area contributed by atoms with Crippen LogP contribution in [0.2, 0.25) is 0 Å². The Kier molecular flexibility index (Phi) is 2.93. The molecule has 0 radical (unpaired) electrons. The summed E-state index contributed by atoms with van der Waals surface area (Å²) in [5, 5.41) is 2.77. The van der Waals surface area contributed by atoms with E-state index in [0.717, 1.165) is 12.2 Å². The first-order chi connectivity index (χ1) is 5.24. The van der Waals surface area contributed by atoms with Crippen LogP contribution >= 0.6 is 11.8 Å². The van der Waals surface area contributed by atoms with E-state index in [-0.39, 0.29) is 17.1 Å². The summed E-state index contributed by atoms with van der Waals surface area (Å²) in [4.78, 5) is 21.8. The van der Waals surface area contributed by atoms with Crippen molar-refractivity contribution < 1.29 is 9.59 Å². The third kappa shape index (κ3) is 2.22. The van der Waals surface area contributed by atoms with Gasteiger partial charge in [-0.15, -0.1) is 0 Å². The molecule has 3 nitrogen and oxygen atoms in total. The molecule has 1 N–H and O–H groups in total. The highest BCUT2D eigenvalue weighted by Crippen LogP contribution is 2.19. The van der Waals surface area contributed by atoms with Crippen molar-refractivity contribution in [3.63, 3.8) is 0 Å². The molecule has 1 atom stereocenters. The number of hydrogen-bond acceptors (Lipinski definition) is 3. The van der Waals surface area contributed by atoms with Gasteiger partial charge in [0.25, 0.3) is 0 Å². The minimum Gasteiger partial charge on any atom is -0.345 e. The fraction of sp³-hybridized carbons (Fsp3) is 0.714. The number of carbonyl (C=O) groups is 2. The molecule has 1 amide bonds. The maximum absolute atomic E-state index is 11.0.